The van der Waals surface area contributed by atoms with Crippen molar-refractivity contribution in [2.24, 2.45) is 0 Å². The van der Waals surface area contributed by atoms with E-state index in [9.17, 15) is 8.42 Å². The van der Waals surface area contributed by atoms with Crippen molar-refractivity contribution in [3.05, 3.63) is 22.4 Å². The summed E-state index contributed by atoms with van der Waals surface area (Å²) in [7, 11) is -2.82. The maximum Gasteiger partial charge on any atom is 0.151 e. The molecule has 1 rings (SSSR count). The van der Waals surface area contributed by atoms with E-state index in [0.29, 0.717) is 6.54 Å². The van der Waals surface area contributed by atoms with Gasteiger partial charge in [0.2, 0.25) is 0 Å². The van der Waals surface area contributed by atoms with Crippen LogP contribution >= 0.6 is 11.3 Å². The first-order valence-electron chi connectivity index (χ1n) is 4.57. The number of rotatable bonds is 6. The molecule has 14 heavy (non-hydrogen) atoms. The molecule has 0 unspecified atom stereocenters. The van der Waals surface area contributed by atoms with Gasteiger partial charge in [0.05, 0.1) is 5.75 Å². The fraction of sp³-hybridized carbons (Fsp3) is 0.556. The Bertz CT molecular complexity index is 343. The van der Waals surface area contributed by atoms with Gasteiger partial charge in [0.25, 0.3) is 0 Å². The topological polar surface area (TPSA) is 46.2 Å². The van der Waals surface area contributed by atoms with Crippen LogP contribution in [0.5, 0.6) is 0 Å². The van der Waals surface area contributed by atoms with Crippen LogP contribution in [0, 0.1) is 0 Å². The summed E-state index contributed by atoms with van der Waals surface area (Å²) < 4.78 is 22.2. The van der Waals surface area contributed by atoms with Crippen molar-refractivity contribution in [3.8, 4) is 0 Å². The highest BCUT2D eigenvalue weighted by Crippen LogP contribution is 2.06. The second-order valence-electron chi connectivity index (χ2n) is 2.99. The maximum absolute atomic E-state index is 11.1. The molecule has 1 N–H and O–H groups in total. The van der Waals surface area contributed by atoms with Crippen LogP contribution in [0.25, 0.3) is 0 Å². The van der Waals surface area contributed by atoms with Gasteiger partial charge in [-0.3, -0.25) is 0 Å². The molecule has 0 aliphatic rings. The average Bonchev–Trinajstić information content (AvgIpc) is 2.65. The molecule has 0 atom stereocenters. The molecular formula is C9H15NO2S2. The monoisotopic (exact) mass is 233 g/mol. The lowest BCUT2D eigenvalue weighted by Crippen LogP contribution is -2.23. The van der Waals surface area contributed by atoms with Crippen molar-refractivity contribution >= 4 is 21.2 Å². The molecule has 0 aromatic carbocycles. The van der Waals surface area contributed by atoms with Crippen molar-refractivity contribution in [1.29, 1.82) is 0 Å². The third-order valence-corrected chi connectivity index (χ3v) is 4.49. The summed E-state index contributed by atoms with van der Waals surface area (Å²) in [6.45, 7) is 2.97. The first-order valence-corrected chi connectivity index (χ1v) is 7.27. The second kappa shape index (κ2) is 5.48. The van der Waals surface area contributed by atoms with Crippen molar-refractivity contribution in [2.75, 3.05) is 18.1 Å². The Morgan fingerprint density at radius 2 is 2.29 bits per heavy atom. The SMILES string of the molecule is CCS(=O)(=O)CCNCc1cccs1. The predicted molar refractivity (Wildman–Crippen MR) is 60.4 cm³/mol. The van der Waals surface area contributed by atoms with Gasteiger partial charge in [-0.05, 0) is 11.4 Å². The van der Waals surface area contributed by atoms with Crippen LogP contribution in [0.2, 0.25) is 0 Å². The van der Waals surface area contributed by atoms with E-state index in [0.717, 1.165) is 6.54 Å². The smallest absolute Gasteiger partial charge is 0.151 e. The van der Waals surface area contributed by atoms with Gasteiger partial charge in [-0.25, -0.2) is 8.42 Å². The Kier molecular flexibility index (Phi) is 4.57. The number of nitrogens with one attached hydrogen (secondary N) is 1. The molecule has 0 saturated heterocycles. The van der Waals surface area contributed by atoms with E-state index >= 15 is 0 Å². The average molecular weight is 233 g/mol. The zero-order chi connectivity index (χ0) is 10.4. The molecule has 1 aromatic rings. The van der Waals surface area contributed by atoms with Gasteiger partial charge >= 0.3 is 0 Å². The molecule has 0 radical (unpaired) electrons. The fourth-order valence-electron chi connectivity index (χ4n) is 0.997. The van der Waals surface area contributed by atoms with Gasteiger partial charge in [0.15, 0.2) is 9.84 Å². The van der Waals surface area contributed by atoms with E-state index in [2.05, 4.69) is 5.32 Å². The Morgan fingerprint density at radius 1 is 1.50 bits per heavy atom. The largest absolute Gasteiger partial charge is 0.311 e. The van der Waals surface area contributed by atoms with E-state index < -0.39 is 9.84 Å². The Labute approximate surface area is 89.1 Å². The molecule has 0 saturated carbocycles. The number of hydrogen-bond donors (Lipinski definition) is 1. The summed E-state index contributed by atoms with van der Waals surface area (Å²) in [6.07, 6.45) is 0. The molecule has 80 valence electrons. The predicted octanol–water partition coefficient (Wildman–Crippen LogP) is 1.27. The molecule has 5 heteroatoms. The molecular weight excluding hydrogens is 218 g/mol. The molecule has 0 aliphatic heterocycles. The van der Waals surface area contributed by atoms with E-state index in [1.807, 2.05) is 17.5 Å². The van der Waals surface area contributed by atoms with Crippen LogP contribution in [0.4, 0.5) is 0 Å². The Morgan fingerprint density at radius 3 is 2.86 bits per heavy atom. The first kappa shape index (κ1) is 11.7. The van der Waals surface area contributed by atoms with Crippen LogP contribution < -0.4 is 5.32 Å². The van der Waals surface area contributed by atoms with Gasteiger partial charge < -0.3 is 5.32 Å². The third kappa shape index (κ3) is 4.21. The van der Waals surface area contributed by atoms with Crippen molar-refractivity contribution in [1.82, 2.24) is 5.32 Å². The molecule has 0 spiro atoms. The summed E-state index contributed by atoms with van der Waals surface area (Å²) in [6, 6.07) is 4.02. The van der Waals surface area contributed by atoms with E-state index in [-0.39, 0.29) is 11.5 Å². The fourth-order valence-corrected chi connectivity index (χ4v) is 2.42. The summed E-state index contributed by atoms with van der Waals surface area (Å²) in [5, 5.41) is 5.12. The first-order chi connectivity index (χ1) is 6.64. The van der Waals surface area contributed by atoms with Gasteiger partial charge in [-0.1, -0.05) is 13.0 Å². The lowest BCUT2D eigenvalue weighted by atomic mass is 10.4. The van der Waals surface area contributed by atoms with Crippen LogP contribution in [-0.2, 0) is 16.4 Å². The molecule has 0 fully saturated rings. The van der Waals surface area contributed by atoms with E-state index in [1.165, 1.54) is 4.88 Å². The quantitative estimate of drug-likeness (QED) is 0.753. The summed E-state index contributed by atoms with van der Waals surface area (Å²) in [4.78, 5) is 1.24. The number of thiophene rings is 1. The van der Waals surface area contributed by atoms with Crippen molar-refractivity contribution in [2.45, 2.75) is 13.5 Å². The summed E-state index contributed by atoms with van der Waals surface area (Å²) >= 11 is 1.67. The highest BCUT2D eigenvalue weighted by Gasteiger charge is 2.05. The highest BCUT2D eigenvalue weighted by atomic mass is 32.2. The minimum atomic E-state index is -2.82. The van der Waals surface area contributed by atoms with Crippen LogP contribution in [0.1, 0.15) is 11.8 Å². The number of hydrogen-bond acceptors (Lipinski definition) is 4. The highest BCUT2D eigenvalue weighted by molar-refractivity contribution is 7.91. The van der Waals surface area contributed by atoms with Gasteiger partial charge in [-0.15, -0.1) is 11.3 Å². The summed E-state index contributed by atoms with van der Waals surface area (Å²) in [5.41, 5.74) is 0. The minimum absolute atomic E-state index is 0.230. The lowest BCUT2D eigenvalue weighted by Gasteiger charge is -2.02. The lowest BCUT2D eigenvalue weighted by molar-refractivity contribution is 0.592. The second-order valence-corrected chi connectivity index (χ2v) is 6.50. The van der Waals surface area contributed by atoms with Crippen molar-refractivity contribution in [3.63, 3.8) is 0 Å². The number of sulfone groups is 1. The van der Waals surface area contributed by atoms with Crippen molar-refractivity contribution < 1.29 is 8.42 Å². The minimum Gasteiger partial charge on any atom is -0.311 e. The molecule has 1 heterocycles. The third-order valence-electron chi connectivity index (χ3n) is 1.91. The van der Waals surface area contributed by atoms with E-state index in [4.69, 9.17) is 0 Å². The zero-order valence-electron chi connectivity index (χ0n) is 8.19. The Balaban J connectivity index is 2.17. The molecule has 0 amide bonds. The Hall–Kier alpha value is -0.390. The molecule has 0 bridgehead atoms. The standard InChI is InChI=1S/C9H15NO2S2/c1-2-14(11,12)7-5-10-8-9-4-3-6-13-9/h3-4,6,10H,2,5,7-8H2,1H3. The van der Waals surface area contributed by atoms with Gasteiger partial charge in [0, 0.05) is 23.7 Å². The van der Waals surface area contributed by atoms with Gasteiger partial charge in [0.1, 0.15) is 0 Å². The normalized spacial score (nSPS) is 11.8. The maximum atomic E-state index is 11.1. The van der Waals surface area contributed by atoms with Crippen LogP contribution in [-0.4, -0.2) is 26.5 Å². The van der Waals surface area contributed by atoms with Gasteiger partial charge in [-0.2, -0.15) is 0 Å². The zero-order valence-corrected chi connectivity index (χ0v) is 9.83. The van der Waals surface area contributed by atoms with Crippen LogP contribution in [0.15, 0.2) is 17.5 Å². The molecule has 1 aromatic heterocycles. The van der Waals surface area contributed by atoms with Crippen LogP contribution in [0.3, 0.4) is 0 Å². The molecule has 3 nitrogen and oxygen atoms in total. The van der Waals surface area contributed by atoms with E-state index in [1.54, 1.807) is 18.3 Å². The molecule has 0 aliphatic carbocycles. The summed E-state index contributed by atoms with van der Waals surface area (Å²) in [5.74, 6) is 0.461.